The van der Waals surface area contributed by atoms with Gasteiger partial charge in [-0.1, -0.05) is 87.0 Å². The number of nitrogens with zero attached hydrogens (tertiary/aromatic N) is 1. The van der Waals surface area contributed by atoms with Gasteiger partial charge >= 0.3 is 0 Å². The van der Waals surface area contributed by atoms with Gasteiger partial charge in [-0.25, -0.2) is 0 Å². The van der Waals surface area contributed by atoms with Crippen LogP contribution in [0.25, 0.3) is 11.1 Å². The fourth-order valence-electron chi connectivity index (χ4n) is 4.10. The molecule has 35 heavy (non-hydrogen) atoms. The quantitative estimate of drug-likeness (QED) is 0.284. The van der Waals surface area contributed by atoms with Gasteiger partial charge in [-0.3, -0.25) is 19.7 Å². The summed E-state index contributed by atoms with van der Waals surface area (Å²) in [6.07, 6.45) is -0.230. The number of hydrogen-bond acceptors (Lipinski definition) is 5. The first-order valence-electron chi connectivity index (χ1n) is 11.2. The number of fused-ring (bicyclic) bond motifs is 1. The van der Waals surface area contributed by atoms with Crippen molar-refractivity contribution in [2.24, 2.45) is 0 Å². The summed E-state index contributed by atoms with van der Waals surface area (Å²) in [6, 6.07) is 19.8. The maximum Gasteiger partial charge on any atom is 0.229 e. The standard InChI is InChI=1S/C28H24ClNO5/c1-28(2,3)22-15-18(17-9-5-4-6-10-17)16-23(29)27(22)35-26-21(13-14-30(33)34)24(31)19-11-7-8-12-20(19)25(26)32/h4-12,15-16H,13-14H2,1-3H3. The molecule has 0 fully saturated rings. The summed E-state index contributed by atoms with van der Waals surface area (Å²) in [5.41, 5.74) is 2.56. The number of ether oxygens (including phenoxy) is 1. The Bertz CT molecular complexity index is 1370. The molecule has 0 aliphatic heterocycles. The number of rotatable bonds is 6. The van der Waals surface area contributed by atoms with Crippen molar-refractivity contribution >= 4 is 23.2 Å². The van der Waals surface area contributed by atoms with E-state index in [1.54, 1.807) is 30.3 Å². The first-order chi connectivity index (χ1) is 16.6. The SMILES string of the molecule is CC(C)(C)c1cc(-c2ccccc2)cc(Cl)c1OC1=C(CC[N+](=O)[O-])C(=O)c2ccccc2C1=O. The number of carbonyl (C=O) groups is 2. The summed E-state index contributed by atoms with van der Waals surface area (Å²) in [7, 11) is 0. The Hall–Kier alpha value is -3.77. The van der Waals surface area contributed by atoms with Gasteiger partial charge in [-0.05, 0) is 28.7 Å². The van der Waals surface area contributed by atoms with E-state index >= 15 is 0 Å². The highest BCUT2D eigenvalue weighted by Crippen LogP contribution is 2.42. The van der Waals surface area contributed by atoms with Gasteiger partial charge in [0.05, 0.1) is 10.6 Å². The number of hydrogen-bond donors (Lipinski definition) is 0. The minimum atomic E-state index is -0.523. The lowest BCUT2D eigenvalue weighted by Gasteiger charge is -2.27. The summed E-state index contributed by atoms with van der Waals surface area (Å²) in [5.74, 6) is -0.906. The first kappa shape index (κ1) is 24.4. The second kappa shape index (κ2) is 9.47. The monoisotopic (exact) mass is 489 g/mol. The number of allylic oxidation sites excluding steroid dienone is 1. The van der Waals surface area contributed by atoms with Crippen molar-refractivity contribution in [1.29, 1.82) is 0 Å². The second-order valence-corrected chi connectivity index (χ2v) is 9.78. The van der Waals surface area contributed by atoms with Crippen LogP contribution in [0, 0.1) is 10.1 Å². The molecule has 4 rings (SSSR count). The number of ketones is 2. The van der Waals surface area contributed by atoms with Crippen LogP contribution in [0.3, 0.4) is 0 Å². The molecule has 0 heterocycles. The molecule has 3 aromatic rings. The number of nitro groups is 1. The third-order valence-electron chi connectivity index (χ3n) is 5.88. The van der Waals surface area contributed by atoms with Gasteiger partial charge in [-0.15, -0.1) is 0 Å². The minimum Gasteiger partial charge on any atom is -0.451 e. The zero-order valence-corrected chi connectivity index (χ0v) is 20.4. The Morgan fingerprint density at radius 3 is 2.09 bits per heavy atom. The predicted octanol–water partition coefficient (Wildman–Crippen LogP) is 6.68. The molecule has 0 amide bonds. The van der Waals surface area contributed by atoms with Crippen LogP contribution in [-0.4, -0.2) is 23.0 Å². The molecule has 0 N–H and O–H groups in total. The van der Waals surface area contributed by atoms with E-state index in [2.05, 4.69) is 0 Å². The second-order valence-electron chi connectivity index (χ2n) is 9.37. The number of Topliss-reactive ketones (excluding diaryl/α,β-unsaturated/α-hetero) is 2. The van der Waals surface area contributed by atoms with Crippen LogP contribution in [-0.2, 0) is 5.41 Å². The summed E-state index contributed by atoms with van der Waals surface area (Å²) < 4.78 is 6.17. The maximum atomic E-state index is 13.4. The van der Waals surface area contributed by atoms with Gasteiger partial charge in [0.25, 0.3) is 0 Å². The van der Waals surface area contributed by atoms with E-state index in [9.17, 15) is 19.7 Å². The molecular weight excluding hydrogens is 466 g/mol. The highest BCUT2D eigenvalue weighted by Gasteiger charge is 2.35. The zero-order valence-electron chi connectivity index (χ0n) is 19.6. The molecule has 178 valence electrons. The third-order valence-corrected chi connectivity index (χ3v) is 6.16. The molecule has 0 aromatic heterocycles. The lowest BCUT2D eigenvalue weighted by Crippen LogP contribution is -2.27. The Morgan fingerprint density at radius 2 is 1.49 bits per heavy atom. The fraction of sp³-hybridized carbons (Fsp3) is 0.214. The number of benzene rings is 3. The van der Waals surface area contributed by atoms with Crippen molar-refractivity contribution in [3.05, 3.63) is 110 Å². The van der Waals surface area contributed by atoms with E-state index in [1.807, 2.05) is 57.2 Å². The van der Waals surface area contributed by atoms with Crippen molar-refractivity contribution < 1.29 is 19.2 Å². The van der Waals surface area contributed by atoms with E-state index in [4.69, 9.17) is 16.3 Å². The normalized spacial score (nSPS) is 13.6. The van der Waals surface area contributed by atoms with Crippen LogP contribution >= 0.6 is 11.6 Å². The van der Waals surface area contributed by atoms with Crippen LogP contribution in [0.4, 0.5) is 0 Å². The van der Waals surface area contributed by atoms with Crippen LogP contribution < -0.4 is 4.74 Å². The Balaban J connectivity index is 1.88. The van der Waals surface area contributed by atoms with Crippen LogP contribution in [0.2, 0.25) is 5.02 Å². The van der Waals surface area contributed by atoms with Crippen LogP contribution in [0.5, 0.6) is 5.75 Å². The van der Waals surface area contributed by atoms with Crippen molar-refractivity contribution in [2.45, 2.75) is 32.6 Å². The first-order valence-corrected chi connectivity index (χ1v) is 11.6. The van der Waals surface area contributed by atoms with Crippen LogP contribution in [0.1, 0.15) is 53.5 Å². The Labute approximate surface area is 208 Å². The average Bonchev–Trinajstić information content (AvgIpc) is 2.82. The average molecular weight is 490 g/mol. The van der Waals surface area contributed by atoms with E-state index < -0.39 is 28.4 Å². The molecular formula is C28H24ClNO5. The van der Waals surface area contributed by atoms with Crippen LogP contribution in [0.15, 0.2) is 78.1 Å². The zero-order chi connectivity index (χ0) is 25.3. The van der Waals surface area contributed by atoms with Gasteiger partial charge < -0.3 is 4.74 Å². The van der Waals surface area contributed by atoms with Gasteiger partial charge in [0.2, 0.25) is 12.3 Å². The van der Waals surface area contributed by atoms with Crippen molar-refractivity contribution in [2.75, 3.05) is 6.54 Å². The molecule has 0 saturated carbocycles. The predicted molar refractivity (Wildman–Crippen MR) is 135 cm³/mol. The fourth-order valence-corrected chi connectivity index (χ4v) is 4.35. The van der Waals surface area contributed by atoms with E-state index in [0.717, 1.165) is 16.7 Å². The molecule has 7 heteroatoms. The van der Waals surface area contributed by atoms with Gasteiger partial charge in [0, 0.05) is 28.0 Å². The third kappa shape index (κ3) is 4.88. The minimum absolute atomic E-state index is 0.0199. The summed E-state index contributed by atoms with van der Waals surface area (Å²) in [6.45, 7) is 5.47. The Morgan fingerprint density at radius 1 is 0.886 bits per heavy atom. The molecule has 0 spiro atoms. The number of carbonyl (C=O) groups excluding carboxylic acids is 2. The highest BCUT2D eigenvalue weighted by atomic mass is 35.5. The number of halogens is 1. The highest BCUT2D eigenvalue weighted by molar-refractivity contribution is 6.32. The van der Waals surface area contributed by atoms with E-state index in [1.165, 1.54) is 0 Å². The van der Waals surface area contributed by atoms with Crippen molar-refractivity contribution in [3.8, 4) is 16.9 Å². The molecule has 3 aromatic carbocycles. The smallest absolute Gasteiger partial charge is 0.229 e. The molecule has 1 aliphatic rings. The molecule has 0 radical (unpaired) electrons. The lowest BCUT2D eigenvalue weighted by molar-refractivity contribution is -0.479. The van der Waals surface area contributed by atoms with Crippen molar-refractivity contribution in [1.82, 2.24) is 0 Å². The Kier molecular flexibility index (Phi) is 6.59. The summed E-state index contributed by atoms with van der Waals surface area (Å²) >= 11 is 6.72. The molecule has 0 saturated heterocycles. The molecule has 0 bridgehead atoms. The maximum absolute atomic E-state index is 13.4. The van der Waals surface area contributed by atoms with Gasteiger partial charge in [-0.2, -0.15) is 0 Å². The summed E-state index contributed by atoms with van der Waals surface area (Å²) in [4.78, 5) is 37.2. The lowest BCUT2D eigenvalue weighted by atomic mass is 9.84. The topological polar surface area (TPSA) is 86.5 Å². The van der Waals surface area contributed by atoms with Gasteiger partial charge in [0.1, 0.15) is 5.75 Å². The molecule has 6 nitrogen and oxygen atoms in total. The largest absolute Gasteiger partial charge is 0.451 e. The summed E-state index contributed by atoms with van der Waals surface area (Å²) in [5, 5.41) is 11.4. The molecule has 1 aliphatic carbocycles. The van der Waals surface area contributed by atoms with Crippen molar-refractivity contribution in [3.63, 3.8) is 0 Å². The van der Waals surface area contributed by atoms with E-state index in [0.29, 0.717) is 0 Å². The van der Waals surface area contributed by atoms with E-state index in [-0.39, 0.29) is 39.7 Å². The molecule has 0 unspecified atom stereocenters. The van der Waals surface area contributed by atoms with Gasteiger partial charge in [0.15, 0.2) is 11.5 Å². The molecule has 0 atom stereocenters.